The summed E-state index contributed by atoms with van der Waals surface area (Å²) in [5.74, 6) is 0.130. The fraction of sp³-hybridized carbons (Fsp3) is 0.222. The summed E-state index contributed by atoms with van der Waals surface area (Å²) in [6.07, 6.45) is 3.29. The van der Waals surface area contributed by atoms with Crippen molar-refractivity contribution in [3.05, 3.63) is 58.2 Å². The molecule has 0 saturated heterocycles. The van der Waals surface area contributed by atoms with E-state index in [4.69, 9.17) is 16.6 Å². The molecule has 1 aromatic carbocycles. The number of anilines is 1. The van der Waals surface area contributed by atoms with Crippen LogP contribution in [-0.4, -0.2) is 20.7 Å². The van der Waals surface area contributed by atoms with Crippen LogP contribution in [0.3, 0.4) is 0 Å². The molecule has 0 saturated carbocycles. The van der Waals surface area contributed by atoms with Crippen LogP contribution in [0.1, 0.15) is 16.7 Å². The lowest BCUT2D eigenvalue weighted by molar-refractivity contribution is -0.117. The molecular weight excluding hydrogens is 336 g/mol. The Morgan fingerprint density at radius 2 is 2.00 bits per heavy atom. The Bertz CT molecular complexity index is 953. The fourth-order valence-corrected chi connectivity index (χ4v) is 2.89. The molecule has 3 rings (SSSR count). The number of aromatic nitrogens is 3. The number of hydrogen-bond donors (Lipinski definition) is 1. The van der Waals surface area contributed by atoms with Crippen LogP contribution in [-0.2, 0) is 11.3 Å². The van der Waals surface area contributed by atoms with E-state index in [9.17, 15) is 4.79 Å². The molecule has 0 unspecified atom stereocenters. The third-order valence-electron chi connectivity index (χ3n) is 3.75. The first-order chi connectivity index (χ1) is 11.9. The molecule has 0 atom stereocenters. The Balaban J connectivity index is 1.78. The summed E-state index contributed by atoms with van der Waals surface area (Å²) in [5.41, 5.74) is 4.72. The van der Waals surface area contributed by atoms with E-state index < -0.39 is 0 Å². The summed E-state index contributed by atoms with van der Waals surface area (Å²) in [6, 6.07) is 7.66. The van der Waals surface area contributed by atoms with Crippen LogP contribution >= 0.6 is 12.2 Å². The van der Waals surface area contributed by atoms with Crippen LogP contribution in [0, 0.1) is 25.6 Å². The summed E-state index contributed by atoms with van der Waals surface area (Å²) in [5, 5.41) is 7.20. The number of hydrogen-bond acceptors (Lipinski definition) is 5. The van der Waals surface area contributed by atoms with Gasteiger partial charge in [0.15, 0.2) is 0 Å². The van der Waals surface area contributed by atoms with Gasteiger partial charge < -0.3 is 9.73 Å². The van der Waals surface area contributed by atoms with Gasteiger partial charge in [0.1, 0.15) is 6.54 Å². The summed E-state index contributed by atoms with van der Waals surface area (Å²) in [4.78, 5) is 16.6. The van der Waals surface area contributed by atoms with E-state index in [-0.39, 0.29) is 17.3 Å². The number of amides is 1. The predicted molar refractivity (Wildman–Crippen MR) is 97.8 cm³/mol. The molecule has 1 N–H and O–H groups in total. The topological polar surface area (TPSA) is 73.0 Å². The van der Waals surface area contributed by atoms with Crippen LogP contribution in [0.25, 0.3) is 11.5 Å². The molecule has 128 valence electrons. The van der Waals surface area contributed by atoms with Gasteiger partial charge in [0.2, 0.25) is 11.8 Å². The smallest absolute Gasteiger partial charge is 0.287 e. The monoisotopic (exact) mass is 354 g/mol. The zero-order chi connectivity index (χ0) is 18.0. The molecule has 0 aliphatic carbocycles. The molecule has 0 bridgehead atoms. The SMILES string of the molecule is Cc1cc(C)c(NC(=O)Cn2nc(-c3cccnc3)oc2=S)c(C)c1. The maximum atomic E-state index is 12.4. The molecule has 7 heteroatoms. The standard InChI is InChI=1S/C18H18N4O2S/c1-11-7-12(2)16(13(3)8-11)20-15(23)10-22-18(25)24-17(21-22)14-5-4-6-19-9-14/h4-9H,10H2,1-3H3,(H,20,23). The summed E-state index contributed by atoms with van der Waals surface area (Å²) in [6.45, 7) is 5.95. The number of pyridine rings is 1. The fourth-order valence-electron chi connectivity index (χ4n) is 2.70. The van der Waals surface area contributed by atoms with E-state index in [0.717, 1.165) is 22.4 Å². The lowest BCUT2D eigenvalue weighted by Gasteiger charge is -2.12. The normalized spacial score (nSPS) is 10.7. The highest BCUT2D eigenvalue weighted by molar-refractivity contribution is 7.71. The molecular formula is C18H18N4O2S. The number of nitrogens with one attached hydrogen (secondary N) is 1. The van der Waals surface area contributed by atoms with Gasteiger partial charge in [-0.25, -0.2) is 4.68 Å². The zero-order valence-corrected chi connectivity index (χ0v) is 15.1. The Morgan fingerprint density at radius 3 is 2.64 bits per heavy atom. The molecule has 3 aromatic rings. The Kier molecular flexibility index (Phi) is 4.76. The maximum Gasteiger partial charge on any atom is 0.287 e. The molecule has 25 heavy (non-hydrogen) atoms. The van der Waals surface area contributed by atoms with E-state index >= 15 is 0 Å². The first-order valence-electron chi connectivity index (χ1n) is 7.80. The maximum absolute atomic E-state index is 12.4. The molecule has 1 amide bonds. The lowest BCUT2D eigenvalue weighted by atomic mass is 10.1. The third-order valence-corrected chi connectivity index (χ3v) is 4.04. The summed E-state index contributed by atoms with van der Waals surface area (Å²) >= 11 is 5.16. The average Bonchev–Trinajstić information content (AvgIpc) is 2.92. The van der Waals surface area contributed by atoms with Crippen molar-refractivity contribution in [1.82, 2.24) is 14.8 Å². The number of aryl methyl sites for hydroxylation is 3. The van der Waals surface area contributed by atoms with Crippen molar-refractivity contribution in [3.63, 3.8) is 0 Å². The lowest BCUT2D eigenvalue weighted by Crippen LogP contribution is -2.20. The zero-order valence-electron chi connectivity index (χ0n) is 14.2. The highest BCUT2D eigenvalue weighted by atomic mass is 32.1. The largest absolute Gasteiger partial charge is 0.409 e. The number of carbonyl (C=O) groups is 1. The molecule has 0 aliphatic heterocycles. The van der Waals surface area contributed by atoms with Crippen molar-refractivity contribution >= 4 is 23.8 Å². The highest BCUT2D eigenvalue weighted by Crippen LogP contribution is 2.22. The molecule has 0 spiro atoms. The second-order valence-electron chi connectivity index (χ2n) is 5.89. The molecule has 0 fully saturated rings. The number of nitrogens with zero attached hydrogens (tertiary/aromatic N) is 3. The van der Waals surface area contributed by atoms with Gasteiger partial charge in [-0.3, -0.25) is 9.78 Å². The number of carbonyl (C=O) groups excluding carboxylic acids is 1. The molecule has 2 aromatic heterocycles. The van der Waals surface area contributed by atoms with Gasteiger partial charge in [0.05, 0.1) is 5.56 Å². The minimum absolute atomic E-state index is 0.0185. The van der Waals surface area contributed by atoms with Gasteiger partial charge in [0.25, 0.3) is 4.84 Å². The van der Waals surface area contributed by atoms with Crippen LogP contribution in [0.15, 0.2) is 41.1 Å². The minimum atomic E-state index is -0.211. The Hall–Kier alpha value is -2.80. The van der Waals surface area contributed by atoms with Crippen molar-refractivity contribution in [1.29, 1.82) is 0 Å². The van der Waals surface area contributed by atoms with Gasteiger partial charge >= 0.3 is 0 Å². The van der Waals surface area contributed by atoms with Crippen LogP contribution in [0.5, 0.6) is 0 Å². The number of rotatable bonds is 4. The molecule has 6 nitrogen and oxygen atoms in total. The van der Waals surface area contributed by atoms with Gasteiger partial charge in [-0.05, 0) is 56.2 Å². The van der Waals surface area contributed by atoms with Crippen molar-refractivity contribution in [2.75, 3.05) is 5.32 Å². The Morgan fingerprint density at radius 1 is 1.28 bits per heavy atom. The first-order valence-corrected chi connectivity index (χ1v) is 8.21. The van der Waals surface area contributed by atoms with E-state index in [2.05, 4.69) is 15.4 Å². The van der Waals surface area contributed by atoms with Crippen molar-refractivity contribution < 1.29 is 9.21 Å². The van der Waals surface area contributed by atoms with Crippen LogP contribution in [0.2, 0.25) is 0 Å². The van der Waals surface area contributed by atoms with Gasteiger partial charge in [-0.1, -0.05) is 17.7 Å². The van der Waals surface area contributed by atoms with E-state index in [1.165, 1.54) is 4.68 Å². The average molecular weight is 354 g/mol. The summed E-state index contributed by atoms with van der Waals surface area (Å²) < 4.78 is 6.83. The quantitative estimate of drug-likeness (QED) is 0.721. The van der Waals surface area contributed by atoms with Crippen molar-refractivity contribution in [2.24, 2.45) is 0 Å². The Labute approximate surface area is 150 Å². The van der Waals surface area contributed by atoms with E-state index in [1.54, 1.807) is 18.5 Å². The molecule has 0 radical (unpaired) electrons. The highest BCUT2D eigenvalue weighted by Gasteiger charge is 2.13. The van der Waals surface area contributed by atoms with E-state index in [1.807, 2.05) is 39.0 Å². The number of benzene rings is 1. The third kappa shape index (κ3) is 3.83. The van der Waals surface area contributed by atoms with E-state index in [0.29, 0.717) is 11.5 Å². The van der Waals surface area contributed by atoms with Crippen molar-refractivity contribution in [3.8, 4) is 11.5 Å². The molecule has 2 heterocycles. The second-order valence-corrected chi connectivity index (χ2v) is 6.24. The van der Waals surface area contributed by atoms with Crippen LogP contribution in [0.4, 0.5) is 5.69 Å². The minimum Gasteiger partial charge on any atom is -0.409 e. The molecule has 0 aliphatic rings. The van der Waals surface area contributed by atoms with Gasteiger partial charge in [-0.2, -0.15) is 0 Å². The van der Waals surface area contributed by atoms with Gasteiger partial charge in [-0.15, -0.1) is 5.10 Å². The first kappa shape index (κ1) is 17.0. The van der Waals surface area contributed by atoms with Crippen molar-refractivity contribution in [2.45, 2.75) is 27.3 Å². The van der Waals surface area contributed by atoms with Crippen LogP contribution < -0.4 is 5.32 Å². The van der Waals surface area contributed by atoms with Gasteiger partial charge in [0, 0.05) is 18.1 Å². The summed E-state index contributed by atoms with van der Waals surface area (Å²) in [7, 11) is 0. The second kappa shape index (κ2) is 6.98. The predicted octanol–water partition coefficient (Wildman–Crippen LogP) is 3.83.